The van der Waals surface area contributed by atoms with Crippen LogP contribution in [0.2, 0.25) is 0 Å². The largest absolute Gasteiger partial charge is 0.444 e. The molecule has 0 radical (unpaired) electrons. The fourth-order valence-electron chi connectivity index (χ4n) is 2.70. The third kappa shape index (κ3) is 3.75. The minimum atomic E-state index is -0.428. The first kappa shape index (κ1) is 14.9. The molecule has 1 aliphatic heterocycles. The molecule has 1 fully saturated rings. The summed E-state index contributed by atoms with van der Waals surface area (Å²) >= 11 is 0. The Morgan fingerprint density at radius 1 is 1.25 bits per heavy atom. The summed E-state index contributed by atoms with van der Waals surface area (Å²) in [6, 6.07) is 10.5. The zero-order chi connectivity index (χ0) is 14.8. The van der Waals surface area contributed by atoms with E-state index in [0.717, 1.165) is 19.5 Å². The average Bonchev–Trinajstić information content (AvgIpc) is 2.38. The van der Waals surface area contributed by atoms with E-state index in [4.69, 9.17) is 4.74 Å². The lowest BCUT2D eigenvalue weighted by atomic mass is 9.82. The van der Waals surface area contributed by atoms with Gasteiger partial charge < -0.3 is 9.64 Å². The molecule has 3 nitrogen and oxygen atoms in total. The number of ether oxygens (including phenoxy) is 1. The summed E-state index contributed by atoms with van der Waals surface area (Å²) < 4.78 is 5.48. The molecular weight excluding hydrogens is 250 g/mol. The lowest BCUT2D eigenvalue weighted by molar-refractivity contribution is 0.0164. The van der Waals surface area contributed by atoms with Gasteiger partial charge in [0.25, 0.3) is 0 Å². The number of amides is 1. The minimum Gasteiger partial charge on any atom is -0.444 e. The summed E-state index contributed by atoms with van der Waals surface area (Å²) in [4.78, 5) is 14.1. The highest BCUT2D eigenvalue weighted by Crippen LogP contribution is 2.32. The first-order valence-corrected chi connectivity index (χ1v) is 7.39. The molecule has 110 valence electrons. The Labute approximate surface area is 121 Å². The lowest BCUT2D eigenvalue weighted by Gasteiger charge is -2.38. The second-order valence-corrected chi connectivity index (χ2v) is 6.71. The predicted octanol–water partition coefficient (Wildman–Crippen LogP) is 4.05. The molecule has 20 heavy (non-hydrogen) atoms. The molecule has 0 aliphatic carbocycles. The minimum absolute atomic E-state index is 0.190. The van der Waals surface area contributed by atoms with Gasteiger partial charge in [-0.1, -0.05) is 37.3 Å². The van der Waals surface area contributed by atoms with Crippen molar-refractivity contribution in [2.45, 2.75) is 45.6 Å². The number of piperidine rings is 1. The van der Waals surface area contributed by atoms with Gasteiger partial charge in [-0.15, -0.1) is 0 Å². The fourth-order valence-corrected chi connectivity index (χ4v) is 2.70. The van der Waals surface area contributed by atoms with E-state index in [0.29, 0.717) is 11.8 Å². The van der Waals surface area contributed by atoms with E-state index in [1.54, 1.807) is 0 Å². The molecule has 1 aromatic rings. The van der Waals surface area contributed by atoms with Crippen molar-refractivity contribution in [1.82, 2.24) is 4.90 Å². The number of nitrogens with zero attached hydrogens (tertiary/aromatic N) is 1. The van der Waals surface area contributed by atoms with E-state index in [2.05, 4.69) is 31.2 Å². The van der Waals surface area contributed by atoms with Crippen molar-refractivity contribution < 1.29 is 9.53 Å². The second-order valence-electron chi connectivity index (χ2n) is 6.71. The Bertz CT molecular complexity index is 450. The van der Waals surface area contributed by atoms with Crippen LogP contribution in [0.25, 0.3) is 0 Å². The number of rotatable bonds is 1. The van der Waals surface area contributed by atoms with Crippen LogP contribution >= 0.6 is 0 Å². The van der Waals surface area contributed by atoms with Crippen molar-refractivity contribution in [3.63, 3.8) is 0 Å². The van der Waals surface area contributed by atoms with E-state index < -0.39 is 5.60 Å². The van der Waals surface area contributed by atoms with E-state index in [1.165, 1.54) is 5.56 Å². The summed E-state index contributed by atoms with van der Waals surface area (Å²) in [5, 5.41) is 0. The van der Waals surface area contributed by atoms with Crippen molar-refractivity contribution in [2.75, 3.05) is 13.1 Å². The summed E-state index contributed by atoms with van der Waals surface area (Å²) in [6.45, 7) is 9.54. The summed E-state index contributed by atoms with van der Waals surface area (Å²) in [5.74, 6) is 0.994. The first-order valence-electron chi connectivity index (χ1n) is 7.39. The van der Waals surface area contributed by atoms with E-state index in [1.807, 2.05) is 31.7 Å². The third-order valence-corrected chi connectivity index (χ3v) is 3.84. The number of hydrogen-bond acceptors (Lipinski definition) is 2. The maximum atomic E-state index is 12.2. The fraction of sp³-hybridized carbons (Fsp3) is 0.588. The van der Waals surface area contributed by atoms with Crippen LogP contribution < -0.4 is 0 Å². The first-order chi connectivity index (χ1) is 9.37. The normalized spacial score (nSPS) is 23.5. The highest BCUT2D eigenvalue weighted by molar-refractivity contribution is 5.68. The molecule has 1 aromatic carbocycles. The van der Waals surface area contributed by atoms with Gasteiger partial charge in [0.1, 0.15) is 5.60 Å². The molecule has 2 unspecified atom stereocenters. The van der Waals surface area contributed by atoms with Crippen molar-refractivity contribution >= 4 is 6.09 Å². The molecule has 1 heterocycles. The lowest BCUT2D eigenvalue weighted by Crippen LogP contribution is -2.44. The summed E-state index contributed by atoms with van der Waals surface area (Å²) in [6.07, 6.45) is 0.837. The van der Waals surface area contributed by atoms with Gasteiger partial charge in [0.2, 0.25) is 0 Å². The zero-order valence-electron chi connectivity index (χ0n) is 12.9. The number of benzene rings is 1. The van der Waals surface area contributed by atoms with Gasteiger partial charge in [0.15, 0.2) is 0 Å². The molecule has 0 N–H and O–H groups in total. The van der Waals surface area contributed by atoms with Crippen LogP contribution in [0.5, 0.6) is 0 Å². The quantitative estimate of drug-likeness (QED) is 0.774. The van der Waals surface area contributed by atoms with Gasteiger partial charge >= 0.3 is 6.09 Å². The Kier molecular flexibility index (Phi) is 4.36. The van der Waals surface area contributed by atoms with E-state index in [9.17, 15) is 4.79 Å². The molecule has 1 amide bonds. The standard InChI is InChI=1S/C17H25NO2/c1-13-10-11-18(16(19)20-17(2,3)4)12-15(13)14-8-6-5-7-9-14/h5-9,13,15H,10-12H2,1-4H3. The number of likely N-dealkylation sites (tertiary alicyclic amines) is 1. The van der Waals surface area contributed by atoms with Crippen LogP contribution in [0.15, 0.2) is 30.3 Å². The van der Waals surface area contributed by atoms with Crippen LogP contribution in [0, 0.1) is 5.92 Å². The maximum Gasteiger partial charge on any atom is 0.410 e. The average molecular weight is 275 g/mol. The van der Waals surface area contributed by atoms with Crippen LogP contribution in [0.4, 0.5) is 4.79 Å². The summed E-state index contributed by atoms with van der Waals surface area (Å²) in [5.41, 5.74) is 0.885. The topological polar surface area (TPSA) is 29.5 Å². The van der Waals surface area contributed by atoms with Crippen LogP contribution in [-0.4, -0.2) is 29.7 Å². The van der Waals surface area contributed by atoms with Gasteiger partial charge in [-0.25, -0.2) is 4.79 Å². The number of carbonyl (C=O) groups excluding carboxylic acids is 1. The van der Waals surface area contributed by atoms with Crippen LogP contribution in [0.3, 0.4) is 0 Å². The molecule has 0 bridgehead atoms. The van der Waals surface area contributed by atoms with Crippen LogP contribution in [0.1, 0.15) is 45.6 Å². The SMILES string of the molecule is CC1CCN(C(=O)OC(C)(C)C)CC1c1ccccc1. The van der Waals surface area contributed by atoms with Gasteiger partial charge in [0, 0.05) is 19.0 Å². The molecular formula is C17H25NO2. The van der Waals surface area contributed by atoms with Gasteiger partial charge in [-0.3, -0.25) is 0 Å². The zero-order valence-corrected chi connectivity index (χ0v) is 12.9. The maximum absolute atomic E-state index is 12.2. The van der Waals surface area contributed by atoms with Crippen LogP contribution in [-0.2, 0) is 4.74 Å². The molecule has 1 saturated heterocycles. The Balaban J connectivity index is 2.07. The van der Waals surface area contributed by atoms with Crippen molar-refractivity contribution in [1.29, 1.82) is 0 Å². The molecule has 0 saturated carbocycles. The van der Waals surface area contributed by atoms with Gasteiger partial charge in [-0.2, -0.15) is 0 Å². The highest BCUT2D eigenvalue weighted by atomic mass is 16.6. The van der Waals surface area contributed by atoms with Gasteiger partial charge in [0.05, 0.1) is 0 Å². The smallest absolute Gasteiger partial charge is 0.410 e. The van der Waals surface area contributed by atoms with Crippen molar-refractivity contribution in [3.05, 3.63) is 35.9 Å². The molecule has 1 aliphatic rings. The molecule has 2 atom stereocenters. The number of hydrogen-bond donors (Lipinski definition) is 0. The van der Waals surface area contributed by atoms with Crippen molar-refractivity contribution in [3.8, 4) is 0 Å². The van der Waals surface area contributed by atoms with Gasteiger partial charge in [-0.05, 0) is 38.7 Å². The molecule has 2 rings (SSSR count). The highest BCUT2D eigenvalue weighted by Gasteiger charge is 2.32. The molecule has 0 aromatic heterocycles. The Morgan fingerprint density at radius 2 is 1.90 bits per heavy atom. The molecule has 0 spiro atoms. The van der Waals surface area contributed by atoms with E-state index in [-0.39, 0.29) is 6.09 Å². The number of carbonyl (C=O) groups is 1. The third-order valence-electron chi connectivity index (χ3n) is 3.84. The predicted molar refractivity (Wildman–Crippen MR) is 80.8 cm³/mol. The monoisotopic (exact) mass is 275 g/mol. The Morgan fingerprint density at radius 3 is 2.50 bits per heavy atom. The van der Waals surface area contributed by atoms with E-state index >= 15 is 0 Å². The molecule has 3 heteroatoms. The van der Waals surface area contributed by atoms with Crippen molar-refractivity contribution in [2.24, 2.45) is 5.92 Å². The Hall–Kier alpha value is -1.51. The summed E-state index contributed by atoms with van der Waals surface area (Å²) in [7, 11) is 0. The second kappa shape index (κ2) is 5.86.